The van der Waals surface area contributed by atoms with Crippen molar-refractivity contribution in [3.05, 3.63) is 0 Å². The van der Waals surface area contributed by atoms with Crippen molar-refractivity contribution in [1.29, 1.82) is 0 Å². The van der Waals surface area contributed by atoms with E-state index in [4.69, 9.17) is 5.11 Å². The third-order valence-corrected chi connectivity index (χ3v) is 2.63. The van der Waals surface area contributed by atoms with E-state index in [1.807, 2.05) is 13.8 Å². The Bertz CT molecular complexity index is 247. The number of nitrogens with one attached hydrogen (secondary N) is 1. The molecule has 2 amide bonds. The van der Waals surface area contributed by atoms with E-state index in [1.54, 1.807) is 4.90 Å². The molecule has 86 valence electrons. The first-order valence-electron chi connectivity index (χ1n) is 5.30. The molecule has 0 aromatic carbocycles. The first kappa shape index (κ1) is 11.8. The average molecular weight is 214 g/mol. The van der Waals surface area contributed by atoms with Crippen LogP contribution in [0.1, 0.15) is 26.7 Å². The summed E-state index contributed by atoms with van der Waals surface area (Å²) in [5, 5.41) is 10.9. The number of carbonyl (C=O) groups is 2. The number of hydrogen-bond donors (Lipinski definition) is 2. The van der Waals surface area contributed by atoms with Crippen molar-refractivity contribution in [1.82, 2.24) is 10.2 Å². The molecule has 0 aliphatic carbocycles. The first-order chi connectivity index (χ1) is 7.02. The summed E-state index contributed by atoms with van der Waals surface area (Å²) in [6.45, 7) is 5.19. The van der Waals surface area contributed by atoms with Gasteiger partial charge in [-0.25, -0.2) is 4.79 Å². The molecule has 1 fully saturated rings. The van der Waals surface area contributed by atoms with Crippen molar-refractivity contribution in [2.75, 3.05) is 13.1 Å². The molecule has 1 atom stereocenters. The topological polar surface area (TPSA) is 69.6 Å². The summed E-state index contributed by atoms with van der Waals surface area (Å²) >= 11 is 0. The molecular weight excluding hydrogens is 196 g/mol. The zero-order valence-corrected chi connectivity index (χ0v) is 9.19. The van der Waals surface area contributed by atoms with E-state index in [0.717, 1.165) is 25.9 Å². The number of rotatable bonds is 3. The Morgan fingerprint density at radius 3 is 2.20 bits per heavy atom. The van der Waals surface area contributed by atoms with Crippen LogP contribution in [0.4, 0.5) is 4.79 Å². The molecule has 15 heavy (non-hydrogen) atoms. The predicted molar refractivity (Wildman–Crippen MR) is 55.6 cm³/mol. The van der Waals surface area contributed by atoms with Gasteiger partial charge in [0.25, 0.3) is 0 Å². The summed E-state index contributed by atoms with van der Waals surface area (Å²) < 4.78 is 0. The lowest BCUT2D eigenvalue weighted by Gasteiger charge is -2.25. The molecule has 1 heterocycles. The Hall–Kier alpha value is -1.26. The zero-order valence-electron chi connectivity index (χ0n) is 9.19. The molecule has 1 saturated heterocycles. The third-order valence-electron chi connectivity index (χ3n) is 2.63. The highest BCUT2D eigenvalue weighted by Gasteiger charge is 2.29. The molecule has 1 rings (SSSR count). The van der Waals surface area contributed by atoms with Gasteiger partial charge in [-0.3, -0.25) is 4.79 Å². The maximum atomic E-state index is 11.9. The van der Waals surface area contributed by atoms with E-state index in [2.05, 4.69) is 5.32 Å². The van der Waals surface area contributed by atoms with E-state index >= 15 is 0 Å². The van der Waals surface area contributed by atoms with Crippen molar-refractivity contribution in [3.8, 4) is 0 Å². The first-order valence-corrected chi connectivity index (χ1v) is 5.30. The van der Waals surface area contributed by atoms with Crippen LogP contribution in [-0.2, 0) is 4.79 Å². The number of amides is 2. The fourth-order valence-corrected chi connectivity index (χ4v) is 1.78. The van der Waals surface area contributed by atoms with Gasteiger partial charge in [0, 0.05) is 13.1 Å². The van der Waals surface area contributed by atoms with Crippen LogP contribution in [0, 0.1) is 5.92 Å². The van der Waals surface area contributed by atoms with Crippen LogP contribution in [0.5, 0.6) is 0 Å². The summed E-state index contributed by atoms with van der Waals surface area (Å²) in [5.41, 5.74) is 0. The van der Waals surface area contributed by atoms with Gasteiger partial charge in [-0.05, 0) is 18.8 Å². The smallest absolute Gasteiger partial charge is 0.405 e. The molecule has 1 unspecified atom stereocenters. The number of likely N-dealkylation sites (tertiary alicyclic amines) is 1. The maximum Gasteiger partial charge on any atom is 0.405 e. The Labute approximate surface area is 89.4 Å². The number of carbonyl (C=O) groups excluding carboxylic acids is 1. The van der Waals surface area contributed by atoms with Gasteiger partial charge >= 0.3 is 6.09 Å². The van der Waals surface area contributed by atoms with E-state index in [0.29, 0.717) is 0 Å². The van der Waals surface area contributed by atoms with Crippen LogP contribution >= 0.6 is 0 Å². The Morgan fingerprint density at radius 2 is 1.80 bits per heavy atom. The lowest BCUT2D eigenvalue weighted by molar-refractivity contribution is -0.133. The highest BCUT2D eigenvalue weighted by Crippen LogP contribution is 2.12. The Balaban J connectivity index is 2.61. The summed E-state index contributed by atoms with van der Waals surface area (Å²) in [6.07, 6.45) is 0.897. The van der Waals surface area contributed by atoms with E-state index < -0.39 is 12.1 Å². The number of hydrogen-bond acceptors (Lipinski definition) is 2. The lowest BCUT2D eigenvalue weighted by atomic mass is 10.0. The second-order valence-corrected chi connectivity index (χ2v) is 4.20. The van der Waals surface area contributed by atoms with Gasteiger partial charge in [0.1, 0.15) is 6.04 Å². The van der Waals surface area contributed by atoms with Crippen LogP contribution in [-0.4, -0.2) is 41.1 Å². The van der Waals surface area contributed by atoms with Crippen LogP contribution < -0.4 is 5.32 Å². The normalized spacial score (nSPS) is 17.9. The standard InChI is InChI=1S/C10H18N2O3/c1-7(2)8(11-10(14)15)9(13)12-5-3-4-6-12/h7-8,11H,3-6H2,1-2H3,(H,14,15). The average Bonchev–Trinajstić information content (AvgIpc) is 2.65. The Kier molecular flexibility index (Phi) is 3.94. The highest BCUT2D eigenvalue weighted by molar-refractivity contribution is 5.85. The molecular formula is C10H18N2O3. The van der Waals surface area contributed by atoms with Gasteiger partial charge in [-0.2, -0.15) is 0 Å². The second kappa shape index (κ2) is 5.00. The van der Waals surface area contributed by atoms with Gasteiger partial charge < -0.3 is 15.3 Å². The van der Waals surface area contributed by atoms with Crippen LogP contribution in [0.2, 0.25) is 0 Å². The number of carboxylic acid groups (broad SMARTS) is 1. The quantitative estimate of drug-likeness (QED) is 0.733. The summed E-state index contributed by atoms with van der Waals surface area (Å²) in [7, 11) is 0. The van der Waals surface area contributed by atoms with E-state index in [9.17, 15) is 9.59 Å². The summed E-state index contributed by atoms with van der Waals surface area (Å²) in [4.78, 5) is 24.2. The minimum Gasteiger partial charge on any atom is -0.465 e. The molecule has 0 aromatic heterocycles. The van der Waals surface area contributed by atoms with Gasteiger partial charge in [0.05, 0.1) is 0 Å². The fraction of sp³-hybridized carbons (Fsp3) is 0.800. The van der Waals surface area contributed by atoms with Crippen LogP contribution in [0.3, 0.4) is 0 Å². The maximum absolute atomic E-state index is 11.9. The predicted octanol–water partition coefficient (Wildman–Crippen LogP) is 0.901. The molecule has 1 aliphatic rings. The van der Waals surface area contributed by atoms with Crippen LogP contribution in [0.25, 0.3) is 0 Å². The van der Waals surface area contributed by atoms with Gasteiger partial charge in [-0.15, -0.1) is 0 Å². The second-order valence-electron chi connectivity index (χ2n) is 4.20. The van der Waals surface area contributed by atoms with E-state index in [1.165, 1.54) is 0 Å². The van der Waals surface area contributed by atoms with Crippen molar-refractivity contribution in [2.45, 2.75) is 32.7 Å². The van der Waals surface area contributed by atoms with E-state index in [-0.39, 0.29) is 11.8 Å². The minimum atomic E-state index is -1.14. The number of nitrogens with zero attached hydrogens (tertiary/aromatic N) is 1. The molecule has 0 radical (unpaired) electrons. The van der Waals surface area contributed by atoms with Crippen LogP contribution in [0.15, 0.2) is 0 Å². The zero-order chi connectivity index (χ0) is 11.4. The van der Waals surface area contributed by atoms with Gasteiger partial charge in [0.2, 0.25) is 5.91 Å². The van der Waals surface area contributed by atoms with Gasteiger partial charge in [0.15, 0.2) is 0 Å². The minimum absolute atomic E-state index is 0.0193. The van der Waals surface area contributed by atoms with Crippen molar-refractivity contribution >= 4 is 12.0 Å². The largest absolute Gasteiger partial charge is 0.465 e. The third kappa shape index (κ3) is 3.11. The molecule has 5 nitrogen and oxygen atoms in total. The summed E-state index contributed by atoms with van der Waals surface area (Å²) in [5.74, 6) is -0.112. The lowest BCUT2D eigenvalue weighted by Crippen LogP contribution is -2.50. The van der Waals surface area contributed by atoms with Gasteiger partial charge in [-0.1, -0.05) is 13.8 Å². The molecule has 0 saturated carbocycles. The van der Waals surface area contributed by atoms with Crippen molar-refractivity contribution < 1.29 is 14.7 Å². The molecule has 0 aromatic rings. The highest BCUT2D eigenvalue weighted by atomic mass is 16.4. The molecule has 5 heteroatoms. The summed E-state index contributed by atoms with van der Waals surface area (Å²) in [6, 6.07) is -0.611. The molecule has 0 spiro atoms. The Morgan fingerprint density at radius 1 is 1.27 bits per heavy atom. The molecule has 2 N–H and O–H groups in total. The van der Waals surface area contributed by atoms with Crippen molar-refractivity contribution in [3.63, 3.8) is 0 Å². The van der Waals surface area contributed by atoms with Crippen molar-refractivity contribution in [2.24, 2.45) is 5.92 Å². The monoisotopic (exact) mass is 214 g/mol. The SMILES string of the molecule is CC(C)C(NC(=O)O)C(=O)N1CCCC1. The fourth-order valence-electron chi connectivity index (χ4n) is 1.78. The molecule has 0 bridgehead atoms. The molecule has 1 aliphatic heterocycles.